The van der Waals surface area contributed by atoms with Gasteiger partial charge in [-0.05, 0) is 39.8 Å². The normalized spacial score (nSPS) is 13.2. The molecule has 2 heterocycles. The zero-order chi connectivity index (χ0) is 15.6. The summed E-state index contributed by atoms with van der Waals surface area (Å²) in [5.41, 5.74) is 1.00. The molecule has 5 nitrogen and oxygen atoms in total. The molecule has 2 aromatic rings. The van der Waals surface area contributed by atoms with E-state index in [0.29, 0.717) is 0 Å². The Bertz CT molecular complexity index is 677. The number of hydrogen-bond acceptors (Lipinski definition) is 5. The zero-order valence-corrected chi connectivity index (χ0v) is 14.1. The molecule has 0 aliphatic heterocycles. The van der Waals surface area contributed by atoms with Crippen LogP contribution in [-0.4, -0.2) is 42.2 Å². The van der Waals surface area contributed by atoms with Crippen molar-refractivity contribution in [3.05, 3.63) is 26.6 Å². The molecule has 0 aromatic carbocycles. The smallest absolute Gasteiger partial charge is 0.259 e. The lowest BCUT2D eigenvalue weighted by Crippen LogP contribution is -2.27. The van der Waals surface area contributed by atoms with Crippen LogP contribution < -0.4 is 5.56 Å². The van der Waals surface area contributed by atoms with Crippen LogP contribution in [-0.2, 0) is 4.74 Å². The van der Waals surface area contributed by atoms with E-state index >= 15 is 0 Å². The van der Waals surface area contributed by atoms with Gasteiger partial charge in [-0.15, -0.1) is 11.3 Å². The van der Waals surface area contributed by atoms with Crippen LogP contribution in [0.15, 0.2) is 4.79 Å². The second kappa shape index (κ2) is 6.68. The number of thiophene rings is 1. The monoisotopic (exact) mass is 309 g/mol. The van der Waals surface area contributed by atoms with Crippen molar-refractivity contribution in [1.29, 1.82) is 0 Å². The number of fused-ring (bicyclic) bond motifs is 1. The van der Waals surface area contributed by atoms with Gasteiger partial charge in [0, 0.05) is 25.1 Å². The average molecular weight is 309 g/mol. The molecular weight excluding hydrogens is 286 g/mol. The van der Waals surface area contributed by atoms with E-state index in [1.165, 1.54) is 0 Å². The molecule has 0 bridgehead atoms. The van der Waals surface area contributed by atoms with Crippen LogP contribution in [0.1, 0.15) is 35.7 Å². The highest BCUT2D eigenvalue weighted by Gasteiger charge is 2.17. The molecule has 0 saturated carbocycles. The largest absolute Gasteiger partial charge is 0.385 e. The molecule has 6 heteroatoms. The number of methoxy groups -OCH3 is 1. The van der Waals surface area contributed by atoms with Crippen molar-refractivity contribution in [3.63, 3.8) is 0 Å². The summed E-state index contributed by atoms with van der Waals surface area (Å²) in [5.74, 6) is 0.730. The fourth-order valence-electron chi connectivity index (χ4n) is 2.33. The first kappa shape index (κ1) is 16.1. The molecular formula is C15H23N3O2S. The van der Waals surface area contributed by atoms with Gasteiger partial charge in [0.05, 0.1) is 11.4 Å². The molecule has 0 amide bonds. The number of ether oxygens (including phenoxy) is 1. The van der Waals surface area contributed by atoms with Gasteiger partial charge < -0.3 is 9.72 Å². The summed E-state index contributed by atoms with van der Waals surface area (Å²) in [6.07, 6.45) is 0.959. The van der Waals surface area contributed by atoms with Crippen molar-refractivity contribution >= 4 is 21.6 Å². The van der Waals surface area contributed by atoms with Crippen molar-refractivity contribution in [1.82, 2.24) is 14.9 Å². The van der Waals surface area contributed by atoms with Gasteiger partial charge in [-0.25, -0.2) is 4.98 Å². The molecule has 1 N–H and O–H groups in total. The van der Waals surface area contributed by atoms with E-state index in [4.69, 9.17) is 4.74 Å². The van der Waals surface area contributed by atoms with E-state index in [0.717, 1.165) is 46.1 Å². The Morgan fingerprint density at radius 1 is 1.43 bits per heavy atom. The zero-order valence-electron chi connectivity index (χ0n) is 13.3. The van der Waals surface area contributed by atoms with Gasteiger partial charge in [-0.1, -0.05) is 0 Å². The topological polar surface area (TPSA) is 58.2 Å². The maximum Gasteiger partial charge on any atom is 0.259 e. The number of nitrogens with zero attached hydrogens (tertiary/aromatic N) is 2. The van der Waals surface area contributed by atoms with Gasteiger partial charge in [0.2, 0.25) is 0 Å². The van der Waals surface area contributed by atoms with Gasteiger partial charge in [-0.3, -0.25) is 9.69 Å². The Hall–Kier alpha value is -1.24. The van der Waals surface area contributed by atoms with E-state index in [2.05, 4.69) is 21.8 Å². The number of nitrogens with one attached hydrogen (secondary N) is 1. The van der Waals surface area contributed by atoms with Gasteiger partial charge >= 0.3 is 0 Å². The maximum atomic E-state index is 12.3. The number of rotatable bonds is 6. The number of hydrogen-bond donors (Lipinski definition) is 1. The minimum absolute atomic E-state index is 0.0333. The lowest BCUT2D eigenvalue weighted by molar-refractivity contribution is 0.167. The minimum Gasteiger partial charge on any atom is -0.385 e. The molecule has 116 valence electrons. The first-order valence-corrected chi connectivity index (χ1v) is 7.96. The van der Waals surface area contributed by atoms with Crippen LogP contribution in [0.3, 0.4) is 0 Å². The standard InChI is InChI=1S/C15H23N3O2S/c1-9-11(3)21-15-12(9)14(19)16-13(17-15)10(2)18(4)7-6-8-20-5/h10H,6-8H2,1-5H3,(H,16,17,19)/t10-/m0/s1. The molecule has 0 fully saturated rings. The average Bonchev–Trinajstić information content (AvgIpc) is 2.73. The first-order chi connectivity index (χ1) is 9.95. The minimum atomic E-state index is -0.0333. The molecule has 21 heavy (non-hydrogen) atoms. The van der Waals surface area contributed by atoms with E-state index in [-0.39, 0.29) is 11.6 Å². The Labute approximate surface area is 129 Å². The fraction of sp³-hybridized carbons (Fsp3) is 0.600. The van der Waals surface area contributed by atoms with Crippen molar-refractivity contribution < 1.29 is 4.74 Å². The van der Waals surface area contributed by atoms with Gasteiger partial charge in [0.15, 0.2) is 0 Å². The SMILES string of the molecule is COCCCN(C)[C@@H](C)c1nc2sc(C)c(C)c2c(=O)[nH]1. The summed E-state index contributed by atoms with van der Waals surface area (Å²) in [7, 11) is 3.74. The van der Waals surface area contributed by atoms with Crippen molar-refractivity contribution in [2.75, 3.05) is 27.3 Å². The third-order valence-corrected chi connectivity index (χ3v) is 5.07. The van der Waals surface area contributed by atoms with Crippen LogP contribution >= 0.6 is 11.3 Å². The summed E-state index contributed by atoms with van der Waals surface area (Å²) < 4.78 is 5.07. The van der Waals surface area contributed by atoms with Crippen molar-refractivity contribution in [3.8, 4) is 0 Å². The highest BCUT2D eigenvalue weighted by Crippen LogP contribution is 2.27. The molecule has 0 aliphatic carbocycles. The predicted molar refractivity (Wildman–Crippen MR) is 87.3 cm³/mol. The summed E-state index contributed by atoms with van der Waals surface area (Å²) in [6, 6.07) is 0.0710. The molecule has 2 rings (SSSR count). The van der Waals surface area contributed by atoms with Crippen LogP contribution in [0, 0.1) is 13.8 Å². The highest BCUT2D eigenvalue weighted by molar-refractivity contribution is 7.18. The quantitative estimate of drug-likeness (QED) is 0.833. The fourth-order valence-corrected chi connectivity index (χ4v) is 3.37. The summed E-state index contributed by atoms with van der Waals surface area (Å²) in [4.78, 5) is 24.1. The lowest BCUT2D eigenvalue weighted by atomic mass is 10.2. The Morgan fingerprint density at radius 3 is 2.81 bits per heavy atom. The Kier molecular flexibility index (Phi) is 5.13. The predicted octanol–water partition coefficient (Wildman–Crippen LogP) is 2.63. The molecule has 2 aromatic heterocycles. The van der Waals surface area contributed by atoms with Crippen molar-refractivity contribution in [2.45, 2.75) is 33.2 Å². The highest BCUT2D eigenvalue weighted by atomic mass is 32.1. The maximum absolute atomic E-state index is 12.3. The molecule has 1 atom stereocenters. The molecule has 0 unspecified atom stereocenters. The number of aromatic amines is 1. The van der Waals surface area contributed by atoms with Gasteiger partial charge in [-0.2, -0.15) is 0 Å². The molecule has 0 aliphatic rings. The van der Waals surface area contributed by atoms with Gasteiger partial charge in [0.1, 0.15) is 10.7 Å². The van der Waals surface area contributed by atoms with E-state index in [1.54, 1.807) is 18.4 Å². The summed E-state index contributed by atoms with van der Waals surface area (Å²) in [5, 5.41) is 0.732. The second-order valence-corrected chi connectivity index (χ2v) is 6.62. The molecule has 0 radical (unpaired) electrons. The van der Waals surface area contributed by atoms with Crippen LogP contribution in [0.4, 0.5) is 0 Å². The number of aromatic nitrogens is 2. The van der Waals surface area contributed by atoms with Gasteiger partial charge in [0.25, 0.3) is 5.56 Å². The van der Waals surface area contributed by atoms with E-state index in [9.17, 15) is 4.79 Å². The Morgan fingerprint density at radius 2 is 2.14 bits per heavy atom. The van der Waals surface area contributed by atoms with E-state index in [1.807, 2.05) is 20.9 Å². The van der Waals surface area contributed by atoms with E-state index < -0.39 is 0 Å². The number of aryl methyl sites for hydroxylation is 2. The van der Waals surface area contributed by atoms with Crippen LogP contribution in [0.2, 0.25) is 0 Å². The lowest BCUT2D eigenvalue weighted by Gasteiger charge is -2.23. The third-order valence-electron chi connectivity index (χ3n) is 3.97. The Balaban J connectivity index is 2.28. The number of H-pyrrole nitrogens is 1. The third kappa shape index (κ3) is 3.33. The van der Waals surface area contributed by atoms with Crippen LogP contribution in [0.25, 0.3) is 10.2 Å². The molecule has 0 saturated heterocycles. The summed E-state index contributed by atoms with van der Waals surface area (Å²) in [6.45, 7) is 7.71. The first-order valence-electron chi connectivity index (χ1n) is 7.14. The summed E-state index contributed by atoms with van der Waals surface area (Å²) >= 11 is 1.59. The van der Waals surface area contributed by atoms with Crippen molar-refractivity contribution in [2.24, 2.45) is 0 Å². The second-order valence-electron chi connectivity index (χ2n) is 5.42. The molecule has 0 spiro atoms. The van der Waals surface area contributed by atoms with Crippen LogP contribution in [0.5, 0.6) is 0 Å².